The predicted molar refractivity (Wildman–Crippen MR) is 64.5 cm³/mol. The molecule has 2 rings (SSSR count). The highest BCUT2D eigenvalue weighted by molar-refractivity contribution is 5.92. The molecule has 1 aromatic rings. The zero-order chi connectivity index (χ0) is 12.1. The summed E-state index contributed by atoms with van der Waals surface area (Å²) in [5.74, 6) is 0.593. The minimum absolute atomic E-state index is 0.178. The topological polar surface area (TPSA) is 77.2 Å². The summed E-state index contributed by atoms with van der Waals surface area (Å²) in [5.41, 5.74) is 5.89. The van der Waals surface area contributed by atoms with Crippen molar-refractivity contribution in [3.8, 4) is 0 Å². The molecule has 1 fully saturated rings. The largest absolute Gasteiger partial charge is 0.384 e. The smallest absolute Gasteiger partial charge is 0.269 e. The summed E-state index contributed by atoms with van der Waals surface area (Å²) in [6.45, 7) is 2.20. The van der Waals surface area contributed by atoms with E-state index in [2.05, 4.69) is 10.3 Å². The van der Waals surface area contributed by atoms with E-state index in [1.165, 1.54) is 0 Å². The molecule has 0 saturated carbocycles. The maximum absolute atomic E-state index is 11.8. The van der Waals surface area contributed by atoms with Crippen LogP contribution in [0.25, 0.3) is 0 Å². The molecule has 1 aliphatic heterocycles. The van der Waals surface area contributed by atoms with E-state index in [4.69, 9.17) is 10.5 Å². The van der Waals surface area contributed by atoms with E-state index in [9.17, 15) is 4.79 Å². The number of hydrogen-bond acceptors (Lipinski definition) is 4. The van der Waals surface area contributed by atoms with Gasteiger partial charge in [-0.15, -0.1) is 0 Å². The van der Waals surface area contributed by atoms with Crippen molar-refractivity contribution < 1.29 is 9.53 Å². The minimum atomic E-state index is -0.178. The van der Waals surface area contributed by atoms with Crippen molar-refractivity contribution in [2.75, 3.05) is 25.5 Å². The number of anilines is 1. The Balaban J connectivity index is 1.84. The van der Waals surface area contributed by atoms with Crippen LogP contribution < -0.4 is 11.1 Å². The molecule has 2 heterocycles. The number of nitrogens with one attached hydrogen (secondary N) is 1. The SMILES string of the molecule is Nc1cccc(C(=O)NCC2CCCOC2)n1. The molecule has 1 atom stereocenters. The fourth-order valence-electron chi connectivity index (χ4n) is 1.87. The molecule has 5 nitrogen and oxygen atoms in total. The van der Waals surface area contributed by atoms with Crippen molar-refractivity contribution >= 4 is 11.7 Å². The second-order valence-corrected chi connectivity index (χ2v) is 4.24. The third-order valence-corrected chi connectivity index (χ3v) is 2.81. The van der Waals surface area contributed by atoms with Crippen molar-refractivity contribution in [1.29, 1.82) is 0 Å². The second kappa shape index (κ2) is 5.63. The fraction of sp³-hybridized carbons (Fsp3) is 0.500. The van der Waals surface area contributed by atoms with Gasteiger partial charge < -0.3 is 15.8 Å². The Morgan fingerprint density at radius 2 is 2.47 bits per heavy atom. The van der Waals surface area contributed by atoms with E-state index in [1.807, 2.05) is 0 Å². The molecule has 1 aliphatic rings. The molecule has 1 amide bonds. The second-order valence-electron chi connectivity index (χ2n) is 4.24. The monoisotopic (exact) mass is 235 g/mol. The van der Waals surface area contributed by atoms with Gasteiger partial charge in [0, 0.05) is 13.2 Å². The molecule has 5 heteroatoms. The highest BCUT2D eigenvalue weighted by atomic mass is 16.5. The molecule has 1 saturated heterocycles. The maximum Gasteiger partial charge on any atom is 0.269 e. The van der Waals surface area contributed by atoms with E-state index >= 15 is 0 Å². The number of carbonyl (C=O) groups excluding carboxylic acids is 1. The average Bonchev–Trinajstić information content (AvgIpc) is 2.37. The van der Waals surface area contributed by atoms with Crippen LogP contribution in [0.15, 0.2) is 18.2 Å². The molecule has 1 aromatic heterocycles. The van der Waals surface area contributed by atoms with Gasteiger partial charge in [-0.05, 0) is 30.9 Å². The maximum atomic E-state index is 11.8. The Hall–Kier alpha value is -1.62. The van der Waals surface area contributed by atoms with E-state index in [0.29, 0.717) is 24.0 Å². The van der Waals surface area contributed by atoms with Crippen LogP contribution in [0.2, 0.25) is 0 Å². The summed E-state index contributed by atoms with van der Waals surface area (Å²) in [5, 5.41) is 2.86. The summed E-state index contributed by atoms with van der Waals surface area (Å²) < 4.78 is 5.35. The molecule has 92 valence electrons. The lowest BCUT2D eigenvalue weighted by atomic mass is 10.0. The van der Waals surface area contributed by atoms with Crippen molar-refractivity contribution in [2.24, 2.45) is 5.92 Å². The van der Waals surface area contributed by atoms with Crippen LogP contribution in [0.3, 0.4) is 0 Å². The van der Waals surface area contributed by atoms with Crippen LogP contribution >= 0.6 is 0 Å². The van der Waals surface area contributed by atoms with E-state index < -0.39 is 0 Å². The highest BCUT2D eigenvalue weighted by Crippen LogP contribution is 2.12. The van der Waals surface area contributed by atoms with Gasteiger partial charge in [0.15, 0.2) is 0 Å². The fourth-order valence-corrected chi connectivity index (χ4v) is 1.87. The van der Waals surface area contributed by atoms with Crippen LogP contribution in [0.1, 0.15) is 23.3 Å². The first kappa shape index (κ1) is 11.9. The van der Waals surface area contributed by atoms with Crippen LogP contribution in [0.5, 0.6) is 0 Å². The predicted octanol–water partition coefficient (Wildman–Crippen LogP) is 0.820. The summed E-state index contributed by atoms with van der Waals surface area (Å²) in [6.07, 6.45) is 2.17. The minimum Gasteiger partial charge on any atom is -0.384 e. The number of amides is 1. The number of nitrogens with zero attached hydrogens (tertiary/aromatic N) is 1. The molecule has 0 spiro atoms. The normalized spacial score (nSPS) is 19.9. The quantitative estimate of drug-likeness (QED) is 0.813. The summed E-state index contributed by atoms with van der Waals surface area (Å²) in [4.78, 5) is 15.7. The molecule has 17 heavy (non-hydrogen) atoms. The number of nitrogens with two attached hydrogens (primary N) is 1. The van der Waals surface area contributed by atoms with Gasteiger partial charge in [-0.25, -0.2) is 4.98 Å². The van der Waals surface area contributed by atoms with Gasteiger partial charge in [-0.3, -0.25) is 4.79 Å². The van der Waals surface area contributed by atoms with Crippen molar-refractivity contribution in [1.82, 2.24) is 10.3 Å². The average molecular weight is 235 g/mol. The summed E-state index contributed by atoms with van der Waals surface area (Å²) >= 11 is 0. The Labute approximate surface area is 100 Å². The zero-order valence-electron chi connectivity index (χ0n) is 9.69. The Kier molecular flexibility index (Phi) is 3.93. The van der Waals surface area contributed by atoms with Crippen LogP contribution in [0, 0.1) is 5.92 Å². The Morgan fingerprint density at radius 3 is 3.18 bits per heavy atom. The third-order valence-electron chi connectivity index (χ3n) is 2.81. The van der Waals surface area contributed by atoms with Crippen molar-refractivity contribution in [3.63, 3.8) is 0 Å². The number of hydrogen-bond donors (Lipinski definition) is 2. The lowest BCUT2D eigenvalue weighted by Gasteiger charge is -2.22. The molecule has 0 radical (unpaired) electrons. The standard InChI is InChI=1S/C12H17N3O2/c13-11-5-1-4-10(15-11)12(16)14-7-9-3-2-6-17-8-9/h1,4-5,9H,2-3,6-8H2,(H2,13,15)(H,14,16). The van der Waals surface area contributed by atoms with Gasteiger partial charge in [-0.1, -0.05) is 6.07 Å². The lowest BCUT2D eigenvalue weighted by Crippen LogP contribution is -2.33. The zero-order valence-corrected chi connectivity index (χ0v) is 9.69. The number of nitrogen functional groups attached to an aromatic ring is 1. The highest BCUT2D eigenvalue weighted by Gasteiger charge is 2.15. The molecular weight excluding hydrogens is 218 g/mol. The molecular formula is C12H17N3O2. The summed E-state index contributed by atoms with van der Waals surface area (Å²) in [7, 11) is 0. The summed E-state index contributed by atoms with van der Waals surface area (Å²) in [6, 6.07) is 5.04. The first-order valence-corrected chi connectivity index (χ1v) is 5.84. The van der Waals surface area contributed by atoms with E-state index in [0.717, 1.165) is 26.1 Å². The number of carbonyl (C=O) groups is 1. The van der Waals surface area contributed by atoms with Crippen molar-refractivity contribution in [3.05, 3.63) is 23.9 Å². The number of aromatic nitrogens is 1. The number of ether oxygens (including phenoxy) is 1. The number of rotatable bonds is 3. The van der Waals surface area contributed by atoms with Gasteiger partial charge in [-0.2, -0.15) is 0 Å². The lowest BCUT2D eigenvalue weighted by molar-refractivity contribution is 0.0535. The molecule has 0 bridgehead atoms. The molecule has 3 N–H and O–H groups in total. The van der Waals surface area contributed by atoms with Gasteiger partial charge >= 0.3 is 0 Å². The van der Waals surface area contributed by atoms with Gasteiger partial charge in [0.2, 0.25) is 0 Å². The van der Waals surface area contributed by atoms with Gasteiger partial charge in [0.05, 0.1) is 6.61 Å². The van der Waals surface area contributed by atoms with E-state index in [-0.39, 0.29) is 5.91 Å². The molecule has 1 unspecified atom stereocenters. The van der Waals surface area contributed by atoms with E-state index in [1.54, 1.807) is 18.2 Å². The Bertz CT molecular complexity index is 389. The van der Waals surface area contributed by atoms with Crippen LogP contribution in [-0.2, 0) is 4.74 Å². The van der Waals surface area contributed by atoms with Gasteiger partial charge in [0.1, 0.15) is 11.5 Å². The first-order valence-electron chi connectivity index (χ1n) is 5.84. The van der Waals surface area contributed by atoms with Crippen LogP contribution in [-0.4, -0.2) is 30.6 Å². The van der Waals surface area contributed by atoms with Gasteiger partial charge in [0.25, 0.3) is 5.91 Å². The van der Waals surface area contributed by atoms with Crippen LogP contribution in [0.4, 0.5) is 5.82 Å². The molecule has 0 aromatic carbocycles. The molecule has 0 aliphatic carbocycles. The first-order chi connectivity index (χ1) is 8.25. The number of pyridine rings is 1. The van der Waals surface area contributed by atoms with Crippen molar-refractivity contribution in [2.45, 2.75) is 12.8 Å². The Morgan fingerprint density at radius 1 is 1.59 bits per heavy atom. The third kappa shape index (κ3) is 3.42.